The van der Waals surface area contributed by atoms with Gasteiger partial charge >= 0.3 is 12.2 Å². The number of nitrogens with zero attached hydrogens (tertiary/aromatic N) is 2. The second-order valence-electron chi connectivity index (χ2n) is 6.55. The van der Waals surface area contributed by atoms with Gasteiger partial charge in [-0.05, 0) is 43.0 Å². The molecule has 1 N–H and O–H groups in total. The van der Waals surface area contributed by atoms with E-state index in [1.54, 1.807) is 24.3 Å². The first-order chi connectivity index (χ1) is 13.3. The molecule has 0 aliphatic heterocycles. The lowest BCUT2D eigenvalue weighted by Crippen LogP contribution is -2.38. The van der Waals surface area contributed by atoms with E-state index in [0.717, 1.165) is 6.07 Å². The normalized spacial score (nSPS) is 15.5. The number of fused-ring (bicyclic) bond motifs is 1. The highest BCUT2D eigenvalue weighted by Gasteiger charge is 2.49. The van der Waals surface area contributed by atoms with Crippen molar-refractivity contribution in [3.05, 3.63) is 53.3 Å². The number of para-hydroxylation sites is 1. The maximum Gasteiger partial charge on any atom is 0.408 e. The van der Waals surface area contributed by atoms with Crippen LogP contribution in [-0.4, -0.2) is 22.2 Å². The van der Waals surface area contributed by atoms with Gasteiger partial charge < -0.3 is 10.1 Å². The zero-order valence-electron chi connectivity index (χ0n) is 14.3. The van der Waals surface area contributed by atoms with Crippen molar-refractivity contribution in [1.82, 2.24) is 9.97 Å². The van der Waals surface area contributed by atoms with Crippen LogP contribution in [0, 0.1) is 11.7 Å². The lowest BCUT2D eigenvalue weighted by Gasteiger charge is -2.22. The molecule has 1 aliphatic rings. The third-order valence-corrected chi connectivity index (χ3v) is 4.71. The summed E-state index contributed by atoms with van der Waals surface area (Å²) in [6.45, 7) is 0. The third kappa shape index (κ3) is 3.96. The number of alkyl halides is 3. The minimum absolute atomic E-state index is 0.0306. The Morgan fingerprint density at radius 2 is 1.86 bits per heavy atom. The standard InChI is InChI=1S/C19H14ClF4N3O/c20-13-9-11(7-8-14(13)21)28-18-25-15-4-2-1-3-12(15)17(27-18)26-16(10-5-6-10)19(22,23)24/h1-4,7-10,16H,5-6H2,(H,25,26,27)/t16-/m0/s1. The molecule has 0 bridgehead atoms. The second-order valence-corrected chi connectivity index (χ2v) is 6.96. The van der Waals surface area contributed by atoms with Gasteiger partial charge in [-0.25, -0.2) is 4.39 Å². The summed E-state index contributed by atoms with van der Waals surface area (Å²) in [5.74, 6) is -0.896. The number of hydrogen-bond acceptors (Lipinski definition) is 4. The average molecular weight is 412 g/mol. The predicted octanol–water partition coefficient (Wildman–Crippen LogP) is 5.97. The molecule has 0 unspecified atom stereocenters. The molecule has 2 aromatic carbocycles. The minimum atomic E-state index is -4.40. The van der Waals surface area contributed by atoms with Gasteiger partial charge in [-0.2, -0.15) is 23.1 Å². The first-order valence-electron chi connectivity index (χ1n) is 8.54. The Hall–Kier alpha value is -2.61. The largest absolute Gasteiger partial charge is 0.424 e. The summed E-state index contributed by atoms with van der Waals surface area (Å²) < 4.78 is 59.1. The first kappa shape index (κ1) is 18.7. The van der Waals surface area contributed by atoms with Crippen LogP contribution in [0.15, 0.2) is 42.5 Å². The quantitative estimate of drug-likeness (QED) is 0.526. The number of rotatable bonds is 5. The van der Waals surface area contributed by atoms with Gasteiger partial charge in [0.25, 0.3) is 0 Å². The van der Waals surface area contributed by atoms with Crippen molar-refractivity contribution in [2.45, 2.75) is 25.1 Å². The van der Waals surface area contributed by atoms with Gasteiger partial charge in [0.1, 0.15) is 23.4 Å². The van der Waals surface area contributed by atoms with Crippen LogP contribution in [0.1, 0.15) is 12.8 Å². The molecule has 1 atom stereocenters. The van der Waals surface area contributed by atoms with E-state index >= 15 is 0 Å². The molecule has 9 heteroatoms. The highest BCUT2D eigenvalue weighted by Crippen LogP contribution is 2.42. The molecule has 4 nitrogen and oxygen atoms in total. The van der Waals surface area contributed by atoms with Gasteiger partial charge in [0.15, 0.2) is 0 Å². The van der Waals surface area contributed by atoms with E-state index in [2.05, 4.69) is 15.3 Å². The monoisotopic (exact) mass is 411 g/mol. The predicted molar refractivity (Wildman–Crippen MR) is 97.2 cm³/mol. The number of hydrogen-bond donors (Lipinski definition) is 1. The van der Waals surface area contributed by atoms with Crippen molar-refractivity contribution in [3.8, 4) is 11.8 Å². The number of ether oxygens (including phenoxy) is 1. The zero-order chi connectivity index (χ0) is 19.9. The number of aromatic nitrogens is 2. The summed E-state index contributed by atoms with van der Waals surface area (Å²) in [4.78, 5) is 8.35. The van der Waals surface area contributed by atoms with E-state index in [4.69, 9.17) is 16.3 Å². The van der Waals surface area contributed by atoms with Crippen LogP contribution in [-0.2, 0) is 0 Å². The van der Waals surface area contributed by atoms with Crippen LogP contribution >= 0.6 is 11.6 Å². The van der Waals surface area contributed by atoms with Crippen LogP contribution in [0.2, 0.25) is 5.02 Å². The van der Waals surface area contributed by atoms with Crippen LogP contribution in [0.3, 0.4) is 0 Å². The molecule has 28 heavy (non-hydrogen) atoms. The topological polar surface area (TPSA) is 47.0 Å². The number of nitrogens with one attached hydrogen (secondary N) is 1. The summed E-state index contributed by atoms with van der Waals surface area (Å²) >= 11 is 5.73. The van der Waals surface area contributed by atoms with E-state index in [9.17, 15) is 17.6 Å². The van der Waals surface area contributed by atoms with E-state index < -0.39 is 24.0 Å². The molecule has 3 aromatic rings. The Labute approximate surface area is 162 Å². The van der Waals surface area contributed by atoms with Crippen LogP contribution in [0.25, 0.3) is 10.9 Å². The van der Waals surface area contributed by atoms with E-state index in [1.807, 2.05) is 0 Å². The Balaban J connectivity index is 1.71. The summed E-state index contributed by atoms with van der Waals surface area (Å²) in [5, 5.41) is 2.82. The molecule has 0 spiro atoms. The van der Waals surface area contributed by atoms with Crippen LogP contribution in [0.5, 0.6) is 11.8 Å². The van der Waals surface area contributed by atoms with Crippen molar-refractivity contribution in [1.29, 1.82) is 0 Å². The molecule has 1 saturated carbocycles. The van der Waals surface area contributed by atoms with Gasteiger partial charge in [-0.3, -0.25) is 0 Å². The van der Waals surface area contributed by atoms with Gasteiger partial charge in [-0.15, -0.1) is 0 Å². The summed E-state index contributed by atoms with van der Waals surface area (Å²) in [7, 11) is 0. The van der Waals surface area contributed by atoms with Crippen molar-refractivity contribution >= 4 is 28.3 Å². The molecule has 1 aromatic heterocycles. The van der Waals surface area contributed by atoms with E-state index in [1.165, 1.54) is 12.1 Å². The molecule has 146 valence electrons. The van der Waals surface area contributed by atoms with E-state index in [0.29, 0.717) is 23.7 Å². The lowest BCUT2D eigenvalue weighted by atomic mass is 10.1. The van der Waals surface area contributed by atoms with Crippen LogP contribution in [0.4, 0.5) is 23.4 Å². The Bertz CT molecular complexity index is 1020. The Morgan fingerprint density at radius 1 is 1.11 bits per heavy atom. The maximum atomic E-state index is 13.4. The molecule has 4 rings (SSSR count). The summed E-state index contributed by atoms with van der Waals surface area (Å²) in [6.07, 6.45) is -3.38. The molecular weight excluding hydrogens is 398 g/mol. The minimum Gasteiger partial charge on any atom is -0.424 e. The van der Waals surface area contributed by atoms with Crippen molar-refractivity contribution < 1.29 is 22.3 Å². The highest BCUT2D eigenvalue weighted by atomic mass is 35.5. The van der Waals surface area contributed by atoms with Gasteiger partial charge in [0.05, 0.1) is 10.5 Å². The third-order valence-electron chi connectivity index (χ3n) is 4.42. The fraction of sp³-hybridized carbons (Fsp3) is 0.263. The molecule has 0 radical (unpaired) electrons. The van der Waals surface area contributed by atoms with Crippen molar-refractivity contribution in [2.24, 2.45) is 5.92 Å². The number of benzene rings is 2. The zero-order valence-corrected chi connectivity index (χ0v) is 15.1. The SMILES string of the molecule is Fc1ccc(Oc2nc(N[C@@H](C3CC3)C(F)(F)F)c3ccccc3n2)cc1Cl. The van der Waals surface area contributed by atoms with Crippen molar-refractivity contribution in [3.63, 3.8) is 0 Å². The fourth-order valence-electron chi connectivity index (χ4n) is 2.90. The number of halogens is 5. The molecule has 1 fully saturated rings. The Kier molecular flexibility index (Phi) is 4.74. The fourth-order valence-corrected chi connectivity index (χ4v) is 3.07. The number of anilines is 1. The molecule has 1 aliphatic carbocycles. The van der Waals surface area contributed by atoms with Gasteiger partial charge in [0.2, 0.25) is 0 Å². The summed E-state index contributed by atoms with van der Waals surface area (Å²) in [5.41, 5.74) is 0.417. The Morgan fingerprint density at radius 3 is 2.54 bits per heavy atom. The van der Waals surface area contributed by atoms with Gasteiger partial charge in [0, 0.05) is 11.5 Å². The summed E-state index contributed by atoms with van der Waals surface area (Å²) in [6, 6.07) is 8.50. The molecule has 0 saturated heterocycles. The van der Waals surface area contributed by atoms with Gasteiger partial charge in [-0.1, -0.05) is 23.7 Å². The maximum absolute atomic E-state index is 13.4. The van der Waals surface area contributed by atoms with E-state index in [-0.39, 0.29) is 22.6 Å². The highest BCUT2D eigenvalue weighted by molar-refractivity contribution is 6.30. The molecule has 0 amide bonds. The second kappa shape index (κ2) is 7.09. The average Bonchev–Trinajstić information content (AvgIpc) is 3.46. The first-order valence-corrected chi connectivity index (χ1v) is 8.92. The van der Waals surface area contributed by atoms with Crippen LogP contribution < -0.4 is 10.1 Å². The molecule has 1 heterocycles. The molecular formula is C19H14ClF4N3O. The van der Waals surface area contributed by atoms with Crippen molar-refractivity contribution in [2.75, 3.05) is 5.32 Å². The lowest BCUT2D eigenvalue weighted by molar-refractivity contribution is -0.146. The smallest absolute Gasteiger partial charge is 0.408 e.